The molecule has 1 aromatic rings. The van der Waals surface area contributed by atoms with E-state index in [4.69, 9.17) is 15.2 Å². The predicted octanol–water partition coefficient (Wildman–Crippen LogP) is 2.16. The summed E-state index contributed by atoms with van der Waals surface area (Å²) < 4.78 is 10.4. The molecule has 17 heavy (non-hydrogen) atoms. The highest BCUT2D eigenvalue weighted by Crippen LogP contribution is 2.23. The fourth-order valence-corrected chi connectivity index (χ4v) is 1.54. The van der Waals surface area contributed by atoms with Gasteiger partial charge in [-0.05, 0) is 31.9 Å². The monoisotopic (exact) mass is 237 g/mol. The summed E-state index contributed by atoms with van der Waals surface area (Å²) in [4.78, 5) is 11.3. The zero-order valence-corrected chi connectivity index (χ0v) is 10.4. The molecule has 0 unspecified atom stereocenters. The lowest BCUT2D eigenvalue weighted by Gasteiger charge is -2.10. The van der Waals surface area contributed by atoms with Crippen LogP contribution in [0.25, 0.3) is 0 Å². The minimum Gasteiger partial charge on any atom is -0.494 e. The fourth-order valence-electron chi connectivity index (χ4n) is 1.54. The maximum absolute atomic E-state index is 11.3. The van der Waals surface area contributed by atoms with Crippen LogP contribution in [0.1, 0.15) is 25.8 Å². The number of hydrogen-bond donors (Lipinski definition) is 1. The first-order valence-corrected chi connectivity index (χ1v) is 5.84. The molecule has 0 aliphatic rings. The topological polar surface area (TPSA) is 61.5 Å². The number of anilines is 1. The van der Waals surface area contributed by atoms with Crippen molar-refractivity contribution in [3.8, 4) is 5.75 Å². The molecule has 0 aliphatic carbocycles. The van der Waals surface area contributed by atoms with Gasteiger partial charge in [-0.25, -0.2) is 0 Å². The summed E-state index contributed by atoms with van der Waals surface area (Å²) in [6.45, 7) is 4.71. The Morgan fingerprint density at radius 3 is 2.71 bits per heavy atom. The molecule has 94 valence electrons. The maximum Gasteiger partial charge on any atom is 0.306 e. The number of aryl methyl sites for hydroxylation is 1. The van der Waals surface area contributed by atoms with E-state index in [0.717, 1.165) is 11.3 Å². The first-order valence-electron chi connectivity index (χ1n) is 5.84. The molecule has 1 rings (SSSR count). The van der Waals surface area contributed by atoms with Gasteiger partial charge < -0.3 is 15.2 Å². The molecule has 0 saturated carbocycles. The lowest BCUT2D eigenvalue weighted by atomic mass is 10.1. The van der Waals surface area contributed by atoms with Crippen LogP contribution in [0.15, 0.2) is 18.2 Å². The quantitative estimate of drug-likeness (QED) is 0.608. The average molecular weight is 237 g/mol. The second kappa shape index (κ2) is 6.78. The van der Waals surface area contributed by atoms with Crippen LogP contribution in [0.3, 0.4) is 0 Å². The first-order chi connectivity index (χ1) is 8.17. The number of ether oxygens (including phenoxy) is 2. The SMILES string of the molecule is CCOC(=O)CCc1ccc(N)cc1OCC. The molecule has 0 bridgehead atoms. The molecule has 0 aromatic heterocycles. The zero-order chi connectivity index (χ0) is 12.7. The summed E-state index contributed by atoms with van der Waals surface area (Å²) >= 11 is 0. The maximum atomic E-state index is 11.3. The number of rotatable bonds is 6. The Kier molecular flexibility index (Phi) is 5.33. The standard InChI is InChI=1S/C13H19NO3/c1-3-16-12-9-11(14)7-5-10(12)6-8-13(15)17-4-2/h5,7,9H,3-4,6,8,14H2,1-2H3. The van der Waals surface area contributed by atoms with Crippen LogP contribution in [0, 0.1) is 0 Å². The molecule has 0 aliphatic heterocycles. The van der Waals surface area contributed by atoms with Crippen LogP contribution in [0.5, 0.6) is 5.75 Å². The highest BCUT2D eigenvalue weighted by molar-refractivity contribution is 5.70. The number of nitrogens with two attached hydrogens (primary N) is 1. The zero-order valence-electron chi connectivity index (χ0n) is 10.4. The second-order valence-corrected chi connectivity index (χ2v) is 3.61. The van der Waals surface area contributed by atoms with Crippen molar-refractivity contribution in [1.82, 2.24) is 0 Å². The first kappa shape index (κ1) is 13.4. The largest absolute Gasteiger partial charge is 0.494 e. The molecule has 0 heterocycles. The van der Waals surface area contributed by atoms with E-state index in [9.17, 15) is 4.79 Å². The summed E-state index contributed by atoms with van der Waals surface area (Å²) in [5.41, 5.74) is 7.33. The van der Waals surface area contributed by atoms with Gasteiger partial charge in [0.25, 0.3) is 0 Å². The van der Waals surface area contributed by atoms with Crippen molar-refractivity contribution in [2.75, 3.05) is 18.9 Å². The van der Waals surface area contributed by atoms with Gasteiger partial charge in [0.05, 0.1) is 13.2 Å². The van der Waals surface area contributed by atoms with E-state index in [1.54, 1.807) is 13.0 Å². The summed E-state index contributed by atoms with van der Waals surface area (Å²) in [6, 6.07) is 5.48. The molecule has 2 N–H and O–H groups in total. The molecule has 1 aromatic carbocycles. The van der Waals surface area contributed by atoms with Gasteiger partial charge in [-0.1, -0.05) is 6.07 Å². The van der Waals surface area contributed by atoms with Crippen LogP contribution < -0.4 is 10.5 Å². The van der Waals surface area contributed by atoms with Crippen molar-refractivity contribution < 1.29 is 14.3 Å². The van der Waals surface area contributed by atoms with Crippen LogP contribution in [-0.4, -0.2) is 19.2 Å². The number of carbonyl (C=O) groups excluding carboxylic acids is 1. The van der Waals surface area contributed by atoms with Gasteiger partial charge in [-0.3, -0.25) is 4.79 Å². The summed E-state index contributed by atoms with van der Waals surface area (Å²) in [7, 11) is 0. The molecule has 0 fully saturated rings. The van der Waals surface area contributed by atoms with Gasteiger partial charge in [0.15, 0.2) is 0 Å². The van der Waals surface area contributed by atoms with Crippen molar-refractivity contribution in [2.45, 2.75) is 26.7 Å². The number of carbonyl (C=O) groups is 1. The molecule has 4 nitrogen and oxygen atoms in total. The van der Waals surface area contributed by atoms with Gasteiger partial charge >= 0.3 is 5.97 Å². The number of esters is 1. The van der Waals surface area contributed by atoms with E-state index >= 15 is 0 Å². The van der Waals surface area contributed by atoms with E-state index < -0.39 is 0 Å². The summed E-state index contributed by atoms with van der Waals surface area (Å²) in [5.74, 6) is 0.559. The average Bonchev–Trinajstić information content (AvgIpc) is 2.29. The van der Waals surface area contributed by atoms with Crippen LogP contribution in [-0.2, 0) is 16.0 Å². The summed E-state index contributed by atoms with van der Waals surface area (Å²) in [6.07, 6.45) is 0.965. The van der Waals surface area contributed by atoms with Crippen molar-refractivity contribution in [3.63, 3.8) is 0 Å². The molecule has 0 atom stereocenters. The molecular formula is C13H19NO3. The third kappa shape index (κ3) is 4.34. The van der Waals surface area contributed by atoms with Crippen molar-refractivity contribution in [2.24, 2.45) is 0 Å². The molecule has 0 radical (unpaired) electrons. The van der Waals surface area contributed by atoms with Crippen molar-refractivity contribution in [3.05, 3.63) is 23.8 Å². The van der Waals surface area contributed by atoms with E-state index in [1.807, 2.05) is 19.1 Å². The lowest BCUT2D eigenvalue weighted by Crippen LogP contribution is -2.06. The highest BCUT2D eigenvalue weighted by atomic mass is 16.5. The Bertz CT molecular complexity index is 377. The lowest BCUT2D eigenvalue weighted by molar-refractivity contribution is -0.143. The third-order valence-corrected chi connectivity index (χ3v) is 2.29. The van der Waals surface area contributed by atoms with Crippen LogP contribution >= 0.6 is 0 Å². The smallest absolute Gasteiger partial charge is 0.306 e. The Morgan fingerprint density at radius 1 is 1.29 bits per heavy atom. The van der Waals surface area contributed by atoms with Crippen LogP contribution in [0.2, 0.25) is 0 Å². The van der Waals surface area contributed by atoms with E-state index in [1.165, 1.54) is 0 Å². The minimum absolute atomic E-state index is 0.188. The molecular weight excluding hydrogens is 218 g/mol. The Hall–Kier alpha value is -1.71. The molecule has 0 amide bonds. The highest BCUT2D eigenvalue weighted by Gasteiger charge is 2.07. The van der Waals surface area contributed by atoms with Crippen molar-refractivity contribution >= 4 is 11.7 Å². The predicted molar refractivity (Wildman–Crippen MR) is 67.0 cm³/mol. The minimum atomic E-state index is -0.188. The van der Waals surface area contributed by atoms with E-state index in [-0.39, 0.29) is 5.97 Å². The molecule has 4 heteroatoms. The molecule has 0 spiro atoms. The fraction of sp³-hybridized carbons (Fsp3) is 0.462. The Labute approximate surface area is 102 Å². The van der Waals surface area contributed by atoms with Gasteiger partial charge in [0.2, 0.25) is 0 Å². The Morgan fingerprint density at radius 2 is 2.06 bits per heavy atom. The Balaban J connectivity index is 2.66. The summed E-state index contributed by atoms with van der Waals surface area (Å²) in [5, 5.41) is 0. The normalized spacial score (nSPS) is 10.0. The van der Waals surface area contributed by atoms with E-state index in [2.05, 4.69) is 0 Å². The van der Waals surface area contributed by atoms with Gasteiger partial charge in [-0.2, -0.15) is 0 Å². The van der Waals surface area contributed by atoms with Gasteiger partial charge in [-0.15, -0.1) is 0 Å². The number of benzene rings is 1. The van der Waals surface area contributed by atoms with Gasteiger partial charge in [0.1, 0.15) is 5.75 Å². The number of hydrogen-bond acceptors (Lipinski definition) is 4. The molecule has 0 saturated heterocycles. The third-order valence-electron chi connectivity index (χ3n) is 2.29. The number of nitrogen functional groups attached to an aromatic ring is 1. The van der Waals surface area contributed by atoms with Crippen molar-refractivity contribution in [1.29, 1.82) is 0 Å². The second-order valence-electron chi connectivity index (χ2n) is 3.61. The van der Waals surface area contributed by atoms with Gasteiger partial charge in [0, 0.05) is 18.2 Å². The van der Waals surface area contributed by atoms with E-state index in [0.29, 0.717) is 31.7 Å². The van der Waals surface area contributed by atoms with Crippen LogP contribution in [0.4, 0.5) is 5.69 Å².